The maximum absolute atomic E-state index is 12.7. The van der Waals surface area contributed by atoms with Gasteiger partial charge in [0.1, 0.15) is 0 Å². The Hall–Kier alpha value is -2.51. The summed E-state index contributed by atoms with van der Waals surface area (Å²) in [6.45, 7) is 5.99. The van der Waals surface area contributed by atoms with Gasteiger partial charge in [-0.05, 0) is 17.0 Å². The van der Waals surface area contributed by atoms with E-state index >= 15 is 0 Å². The monoisotopic (exact) mass is 394 g/mol. The summed E-state index contributed by atoms with van der Waals surface area (Å²) in [5, 5.41) is 12.2. The predicted octanol–water partition coefficient (Wildman–Crippen LogP) is 3.18. The van der Waals surface area contributed by atoms with Crippen molar-refractivity contribution in [2.24, 2.45) is 5.41 Å². The van der Waals surface area contributed by atoms with Gasteiger partial charge >= 0.3 is 0 Å². The highest BCUT2D eigenvalue weighted by atomic mass is 32.1. The Bertz CT molecular complexity index is 963. The van der Waals surface area contributed by atoms with Gasteiger partial charge in [-0.3, -0.25) is 9.69 Å². The Morgan fingerprint density at radius 3 is 2.71 bits per heavy atom. The molecule has 1 amide bonds. The summed E-state index contributed by atoms with van der Waals surface area (Å²) in [5.41, 5.74) is 2.06. The molecular formula is C21H22N4O2S. The molecule has 1 atom stereocenters. The molecule has 2 fully saturated rings. The van der Waals surface area contributed by atoms with Gasteiger partial charge in [0.05, 0.1) is 11.5 Å². The molecule has 1 aromatic carbocycles. The average Bonchev–Trinajstić information content (AvgIpc) is 3.40. The van der Waals surface area contributed by atoms with E-state index in [1.54, 1.807) is 11.3 Å². The number of rotatable bonds is 4. The summed E-state index contributed by atoms with van der Waals surface area (Å²) >= 11 is 1.56. The Kier molecular flexibility index (Phi) is 4.29. The molecule has 2 aromatic heterocycles. The van der Waals surface area contributed by atoms with E-state index in [0.29, 0.717) is 11.8 Å². The molecule has 144 valence electrons. The molecule has 0 N–H and O–H groups in total. The molecule has 3 aromatic rings. The van der Waals surface area contributed by atoms with E-state index in [0.717, 1.165) is 38.3 Å². The second-order valence-electron chi connectivity index (χ2n) is 7.90. The van der Waals surface area contributed by atoms with E-state index in [-0.39, 0.29) is 17.2 Å². The molecule has 2 aliphatic heterocycles. The second kappa shape index (κ2) is 6.83. The number of likely N-dealkylation sites (tertiary alicyclic amines) is 2. The van der Waals surface area contributed by atoms with Crippen LogP contribution in [0.3, 0.4) is 0 Å². The topological polar surface area (TPSA) is 62.5 Å². The summed E-state index contributed by atoms with van der Waals surface area (Å²) in [7, 11) is 0. The van der Waals surface area contributed by atoms with Gasteiger partial charge in [-0.15, -0.1) is 10.2 Å². The summed E-state index contributed by atoms with van der Waals surface area (Å²) in [6, 6.07) is 12.4. The van der Waals surface area contributed by atoms with Crippen molar-refractivity contribution in [3.05, 3.63) is 70.1 Å². The largest absolute Gasteiger partial charge is 0.425 e. The van der Waals surface area contributed by atoms with Crippen LogP contribution < -0.4 is 0 Å². The van der Waals surface area contributed by atoms with Crippen LogP contribution in [0.1, 0.15) is 33.6 Å². The molecule has 1 unspecified atom stereocenters. The number of hydrogen-bond donors (Lipinski definition) is 0. The summed E-state index contributed by atoms with van der Waals surface area (Å²) < 4.78 is 5.81. The minimum atomic E-state index is -0.0144. The van der Waals surface area contributed by atoms with Crippen LogP contribution in [-0.2, 0) is 6.54 Å². The summed E-state index contributed by atoms with van der Waals surface area (Å²) in [4.78, 5) is 17.1. The smallest absolute Gasteiger partial charge is 0.254 e. The number of aryl methyl sites for hydroxylation is 1. The van der Waals surface area contributed by atoms with Gasteiger partial charge in [-0.1, -0.05) is 30.3 Å². The lowest BCUT2D eigenvalue weighted by atomic mass is 9.71. The van der Waals surface area contributed by atoms with Crippen molar-refractivity contribution in [1.82, 2.24) is 20.0 Å². The van der Waals surface area contributed by atoms with Gasteiger partial charge in [-0.2, -0.15) is 11.3 Å². The van der Waals surface area contributed by atoms with Crippen molar-refractivity contribution in [3.63, 3.8) is 0 Å². The number of hydrogen-bond acceptors (Lipinski definition) is 6. The first-order chi connectivity index (χ1) is 13.6. The van der Waals surface area contributed by atoms with Crippen LogP contribution in [0.2, 0.25) is 0 Å². The standard InChI is InChI=1S/C21H22N4O2S/c1-15-22-23-19(27-15)18-10-24(9-16-5-3-2-4-6-16)12-21(18)13-25(14-21)20(26)17-7-8-28-11-17/h2-8,11,18H,9-10,12-14H2,1H3. The lowest BCUT2D eigenvalue weighted by Gasteiger charge is -2.50. The van der Waals surface area contributed by atoms with E-state index in [1.807, 2.05) is 34.7 Å². The van der Waals surface area contributed by atoms with E-state index in [2.05, 4.69) is 39.4 Å². The number of carbonyl (C=O) groups excluding carboxylic acids is 1. The maximum atomic E-state index is 12.7. The van der Waals surface area contributed by atoms with Crippen molar-refractivity contribution in [2.45, 2.75) is 19.4 Å². The molecule has 4 heterocycles. The highest BCUT2D eigenvalue weighted by Crippen LogP contribution is 2.49. The molecule has 0 bridgehead atoms. The highest BCUT2D eigenvalue weighted by molar-refractivity contribution is 7.08. The molecule has 2 saturated heterocycles. The number of amides is 1. The zero-order chi connectivity index (χ0) is 19.1. The number of aromatic nitrogens is 2. The van der Waals surface area contributed by atoms with Crippen LogP contribution in [-0.4, -0.2) is 52.1 Å². The lowest BCUT2D eigenvalue weighted by molar-refractivity contribution is -0.000604. The van der Waals surface area contributed by atoms with Crippen LogP contribution in [0.4, 0.5) is 0 Å². The van der Waals surface area contributed by atoms with E-state index in [9.17, 15) is 4.79 Å². The first-order valence-electron chi connectivity index (χ1n) is 9.51. The van der Waals surface area contributed by atoms with Crippen molar-refractivity contribution in [2.75, 3.05) is 26.2 Å². The van der Waals surface area contributed by atoms with E-state index in [1.165, 1.54) is 5.56 Å². The predicted molar refractivity (Wildman–Crippen MR) is 106 cm³/mol. The highest BCUT2D eigenvalue weighted by Gasteiger charge is 2.57. The Labute approximate surface area is 167 Å². The Morgan fingerprint density at radius 2 is 2.04 bits per heavy atom. The zero-order valence-corrected chi connectivity index (χ0v) is 16.6. The van der Waals surface area contributed by atoms with Crippen molar-refractivity contribution in [3.8, 4) is 0 Å². The fourth-order valence-electron chi connectivity index (χ4n) is 4.57. The molecule has 5 rings (SSSR count). The van der Waals surface area contributed by atoms with E-state index < -0.39 is 0 Å². The van der Waals surface area contributed by atoms with Gasteiger partial charge in [0.2, 0.25) is 11.8 Å². The second-order valence-corrected chi connectivity index (χ2v) is 8.68. The van der Waals surface area contributed by atoms with Crippen LogP contribution in [0, 0.1) is 12.3 Å². The third kappa shape index (κ3) is 3.04. The maximum Gasteiger partial charge on any atom is 0.254 e. The normalized spacial score (nSPS) is 21.2. The number of thiophene rings is 1. The Balaban J connectivity index is 1.36. The zero-order valence-electron chi connectivity index (χ0n) is 15.7. The van der Waals surface area contributed by atoms with Crippen LogP contribution in [0.25, 0.3) is 0 Å². The lowest BCUT2D eigenvalue weighted by Crippen LogP contribution is -2.61. The minimum absolute atomic E-state index is 0.0144. The summed E-state index contributed by atoms with van der Waals surface area (Å²) in [6.07, 6.45) is 0. The molecule has 0 radical (unpaired) electrons. The van der Waals surface area contributed by atoms with Crippen molar-refractivity contribution >= 4 is 17.2 Å². The SMILES string of the molecule is Cc1nnc(C2CN(Cc3ccccc3)CC23CN(C(=O)c2ccsc2)C3)o1. The molecule has 7 heteroatoms. The molecule has 1 spiro atoms. The third-order valence-electron chi connectivity index (χ3n) is 5.87. The molecule has 0 aliphatic carbocycles. The number of nitrogens with zero attached hydrogens (tertiary/aromatic N) is 4. The third-order valence-corrected chi connectivity index (χ3v) is 6.56. The number of benzene rings is 1. The van der Waals surface area contributed by atoms with Gasteiger partial charge < -0.3 is 9.32 Å². The first-order valence-corrected chi connectivity index (χ1v) is 10.4. The molecule has 28 heavy (non-hydrogen) atoms. The fourth-order valence-corrected chi connectivity index (χ4v) is 5.20. The molecule has 6 nitrogen and oxygen atoms in total. The average molecular weight is 395 g/mol. The van der Waals surface area contributed by atoms with Gasteiger partial charge in [0, 0.05) is 50.4 Å². The molecule has 2 aliphatic rings. The molecular weight excluding hydrogens is 372 g/mol. The van der Waals surface area contributed by atoms with Crippen LogP contribution >= 0.6 is 11.3 Å². The first kappa shape index (κ1) is 17.6. The van der Waals surface area contributed by atoms with Gasteiger partial charge in [-0.25, -0.2) is 0 Å². The van der Waals surface area contributed by atoms with Gasteiger partial charge in [0.15, 0.2) is 0 Å². The molecule has 0 saturated carbocycles. The van der Waals surface area contributed by atoms with Crippen LogP contribution in [0.15, 0.2) is 51.6 Å². The van der Waals surface area contributed by atoms with Gasteiger partial charge in [0.25, 0.3) is 5.91 Å². The number of carbonyl (C=O) groups is 1. The Morgan fingerprint density at radius 1 is 1.21 bits per heavy atom. The van der Waals surface area contributed by atoms with Crippen molar-refractivity contribution in [1.29, 1.82) is 0 Å². The quantitative estimate of drug-likeness (QED) is 0.680. The van der Waals surface area contributed by atoms with Crippen molar-refractivity contribution < 1.29 is 9.21 Å². The van der Waals surface area contributed by atoms with Crippen LogP contribution in [0.5, 0.6) is 0 Å². The van der Waals surface area contributed by atoms with E-state index in [4.69, 9.17) is 4.42 Å². The minimum Gasteiger partial charge on any atom is -0.425 e. The summed E-state index contributed by atoms with van der Waals surface area (Å²) in [5.74, 6) is 1.57. The fraction of sp³-hybridized carbons (Fsp3) is 0.381.